The van der Waals surface area contributed by atoms with Gasteiger partial charge in [0.25, 0.3) is 5.91 Å². The minimum atomic E-state index is -3.94. The van der Waals surface area contributed by atoms with Crippen LogP contribution in [0.5, 0.6) is 17.2 Å². The van der Waals surface area contributed by atoms with Crippen LogP contribution in [0.2, 0.25) is 0 Å². The van der Waals surface area contributed by atoms with Crippen LogP contribution in [0.1, 0.15) is 15.9 Å². The van der Waals surface area contributed by atoms with Crippen LogP contribution in [-0.2, 0) is 16.7 Å². The van der Waals surface area contributed by atoms with Crippen molar-refractivity contribution in [3.8, 4) is 17.2 Å². The Bertz CT molecular complexity index is 1390. The third-order valence-electron chi connectivity index (χ3n) is 5.01. The predicted octanol–water partition coefficient (Wildman–Crippen LogP) is 5.29. The molecule has 8 heteroatoms. The largest absolute Gasteiger partial charge is 0.493 e. The number of rotatable bonds is 9. The average molecular weight is 490 g/mol. The van der Waals surface area contributed by atoms with Crippen LogP contribution in [0.4, 0.5) is 5.69 Å². The normalized spacial score (nSPS) is 10.9. The summed E-state index contributed by atoms with van der Waals surface area (Å²) in [7, 11) is -2.43. The first-order valence-corrected chi connectivity index (χ1v) is 12.1. The van der Waals surface area contributed by atoms with E-state index in [9.17, 15) is 13.2 Å². The zero-order valence-corrected chi connectivity index (χ0v) is 19.7. The first kappa shape index (κ1) is 23.8. The van der Waals surface area contributed by atoms with E-state index in [4.69, 9.17) is 13.7 Å². The molecule has 0 spiro atoms. The monoisotopic (exact) mass is 489 g/mol. The van der Waals surface area contributed by atoms with Gasteiger partial charge in [0.1, 0.15) is 17.3 Å². The van der Waals surface area contributed by atoms with Crippen LogP contribution in [0.3, 0.4) is 0 Å². The van der Waals surface area contributed by atoms with Gasteiger partial charge in [0.05, 0.1) is 7.11 Å². The Kier molecular flexibility index (Phi) is 7.32. The lowest BCUT2D eigenvalue weighted by Gasteiger charge is -2.13. The van der Waals surface area contributed by atoms with Crippen molar-refractivity contribution in [2.45, 2.75) is 11.5 Å². The molecular weight excluding hydrogens is 466 g/mol. The molecule has 0 saturated heterocycles. The van der Waals surface area contributed by atoms with Crippen LogP contribution in [-0.4, -0.2) is 21.4 Å². The molecule has 0 bridgehead atoms. The fraction of sp³-hybridized carbons (Fsp3) is 0.0741. The molecule has 0 aliphatic rings. The third kappa shape index (κ3) is 6.18. The third-order valence-corrected chi connectivity index (χ3v) is 6.27. The number of hydrogen-bond acceptors (Lipinski definition) is 6. The molecule has 1 N–H and O–H groups in total. The molecule has 0 aromatic heterocycles. The average Bonchev–Trinajstić information content (AvgIpc) is 2.89. The number of amides is 1. The summed E-state index contributed by atoms with van der Waals surface area (Å²) in [6, 6.07) is 28.6. The van der Waals surface area contributed by atoms with Crippen LogP contribution >= 0.6 is 0 Å². The lowest BCUT2D eigenvalue weighted by molar-refractivity contribution is 0.102. The van der Waals surface area contributed by atoms with E-state index in [-0.39, 0.29) is 16.6 Å². The molecule has 35 heavy (non-hydrogen) atoms. The standard InChI is InChI=1S/C27H23NO6S/c1-32-26-18-21(12-17-25(26)33-19-20-8-4-2-5-9-20)27(29)28-22-13-15-23(16-14-22)34-35(30,31)24-10-6-3-7-11-24/h2-18H,19H2,1H3,(H,28,29). The summed E-state index contributed by atoms with van der Waals surface area (Å²) in [5, 5.41) is 2.77. The van der Waals surface area contributed by atoms with Crippen molar-refractivity contribution in [3.05, 3.63) is 114 Å². The first-order chi connectivity index (χ1) is 16.9. The highest BCUT2D eigenvalue weighted by molar-refractivity contribution is 7.87. The SMILES string of the molecule is COc1cc(C(=O)Nc2ccc(OS(=O)(=O)c3ccccc3)cc2)ccc1OCc1ccccc1. The highest BCUT2D eigenvalue weighted by Gasteiger charge is 2.16. The van der Waals surface area contributed by atoms with Gasteiger partial charge in [-0.25, -0.2) is 0 Å². The van der Waals surface area contributed by atoms with Gasteiger partial charge < -0.3 is 19.0 Å². The van der Waals surface area contributed by atoms with E-state index in [0.717, 1.165) is 5.56 Å². The van der Waals surface area contributed by atoms with E-state index >= 15 is 0 Å². The molecule has 7 nitrogen and oxygen atoms in total. The van der Waals surface area contributed by atoms with E-state index < -0.39 is 10.1 Å². The van der Waals surface area contributed by atoms with E-state index in [1.807, 2.05) is 30.3 Å². The van der Waals surface area contributed by atoms with E-state index in [1.54, 1.807) is 48.5 Å². The smallest absolute Gasteiger partial charge is 0.339 e. The predicted molar refractivity (Wildman–Crippen MR) is 132 cm³/mol. The Morgan fingerprint density at radius 1 is 0.800 bits per heavy atom. The van der Waals surface area contributed by atoms with Crippen molar-refractivity contribution in [1.29, 1.82) is 0 Å². The van der Waals surface area contributed by atoms with Gasteiger partial charge in [-0.2, -0.15) is 8.42 Å². The highest BCUT2D eigenvalue weighted by atomic mass is 32.2. The topological polar surface area (TPSA) is 90.9 Å². The summed E-state index contributed by atoms with van der Waals surface area (Å²) in [6.45, 7) is 0.372. The number of ether oxygens (including phenoxy) is 2. The van der Waals surface area contributed by atoms with Gasteiger partial charge in [0.15, 0.2) is 11.5 Å². The second-order valence-corrected chi connectivity index (χ2v) is 9.02. The summed E-state index contributed by atoms with van der Waals surface area (Å²) in [5.41, 5.74) is 1.86. The highest BCUT2D eigenvalue weighted by Crippen LogP contribution is 2.29. The second kappa shape index (κ2) is 10.8. The Morgan fingerprint density at radius 2 is 1.46 bits per heavy atom. The van der Waals surface area contributed by atoms with Crippen LogP contribution in [0, 0.1) is 0 Å². The number of carbonyl (C=O) groups excluding carboxylic acids is 1. The lowest BCUT2D eigenvalue weighted by Crippen LogP contribution is -2.12. The van der Waals surface area contributed by atoms with E-state index in [1.165, 1.54) is 31.4 Å². The maximum absolute atomic E-state index is 12.7. The maximum atomic E-state index is 12.7. The molecule has 0 aliphatic carbocycles. The molecule has 4 aromatic carbocycles. The van der Waals surface area contributed by atoms with E-state index in [2.05, 4.69) is 5.32 Å². The van der Waals surface area contributed by atoms with E-state index in [0.29, 0.717) is 29.4 Å². The summed E-state index contributed by atoms with van der Waals surface area (Å²) in [4.78, 5) is 12.8. The van der Waals surface area contributed by atoms with Crippen molar-refractivity contribution < 1.29 is 26.9 Å². The van der Waals surface area contributed by atoms with Crippen LogP contribution in [0.15, 0.2) is 108 Å². The first-order valence-electron chi connectivity index (χ1n) is 10.7. The molecule has 0 radical (unpaired) electrons. The van der Waals surface area contributed by atoms with Crippen LogP contribution < -0.4 is 19.0 Å². The summed E-state index contributed by atoms with van der Waals surface area (Å²) in [6.07, 6.45) is 0. The number of carbonyl (C=O) groups is 1. The minimum absolute atomic E-state index is 0.0579. The Morgan fingerprint density at radius 3 is 2.11 bits per heavy atom. The number of hydrogen-bond donors (Lipinski definition) is 1. The number of nitrogens with one attached hydrogen (secondary N) is 1. The van der Waals surface area contributed by atoms with Crippen molar-refractivity contribution in [3.63, 3.8) is 0 Å². The maximum Gasteiger partial charge on any atom is 0.339 e. The number of methoxy groups -OCH3 is 1. The summed E-state index contributed by atoms with van der Waals surface area (Å²) in [5.74, 6) is 0.731. The molecule has 4 rings (SSSR count). The van der Waals surface area contributed by atoms with Gasteiger partial charge >= 0.3 is 10.1 Å². The fourth-order valence-electron chi connectivity index (χ4n) is 3.22. The quantitative estimate of drug-likeness (QED) is 0.321. The lowest BCUT2D eigenvalue weighted by atomic mass is 10.1. The summed E-state index contributed by atoms with van der Waals surface area (Å²) < 4.78 is 41.1. The van der Waals surface area contributed by atoms with Crippen molar-refractivity contribution in [2.24, 2.45) is 0 Å². The minimum Gasteiger partial charge on any atom is -0.493 e. The second-order valence-electron chi connectivity index (χ2n) is 7.47. The van der Waals surface area contributed by atoms with Gasteiger partial charge in [-0.15, -0.1) is 0 Å². The molecule has 0 fully saturated rings. The zero-order chi connectivity index (χ0) is 24.7. The zero-order valence-electron chi connectivity index (χ0n) is 18.9. The molecule has 0 unspecified atom stereocenters. The summed E-state index contributed by atoms with van der Waals surface area (Å²) >= 11 is 0. The molecule has 0 atom stereocenters. The Hall–Kier alpha value is -4.30. The molecule has 0 heterocycles. The van der Waals surface area contributed by atoms with Gasteiger partial charge in [-0.3, -0.25) is 4.79 Å². The molecule has 4 aromatic rings. The van der Waals surface area contributed by atoms with Gasteiger partial charge in [0, 0.05) is 11.3 Å². The fourth-order valence-corrected chi connectivity index (χ4v) is 4.17. The molecular formula is C27H23NO6S. The number of anilines is 1. The van der Waals surface area contributed by atoms with Crippen molar-refractivity contribution >= 4 is 21.7 Å². The molecule has 0 aliphatic heterocycles. The van der Waals surface area contributed by atoms with Crippen molar-refractivity contribution in [1.82, 2.24) is 0 Å². The Labute approximate surface area is 204 Å². The molecule has 1 amide bonds. The van der Waals surface area contributed by atoms with Gasteiger partial charge in [-0.1, -0.05) is 48.5 Å². The molecule has 0 saturated carbocycles. The van der Waals surface area contributed by atoms with Crippen molar-refractivity contribution in [2.75, 3.05) is 12.4 Å². The Balaban J connectivity index is 1.40. The molecule has 178 valence electrons. The van der Waals surface area contributed by atoms with Crippen LogP contribution in [0.25, 0.3) is 0 Å². The van der Waals surface area contributed by atoms with Gasteiger partial charge in [-0.05, 0) is 60.2 Å². The van der Waals surface area contributed by atoms with Gasteiger partial charge in [0.2, 0.25) is 0 Å². The number of benzene rings is 4.